The van der Waals surface area contributed by atoms with Gasteiger partial charge in [0.05, 0.1) is 21.7 Å². The first-order chi connectivity index (χ1) is 20.2. The van der Waals surface area contributed by atoms with Crippen LogP contribution in [0.1, 0.15) is 22.8 Å². The van der Waals surface area contributed by atoms with Gasteiger partial charge in [-0.05, 0) is 55.8 Å². The molecule has 2 aliphatic rings. The number of benzene rings is 2. The second-order valence-corrected chi connectivity index (χ2v) is 13.6. The minimum absolute atomic E-state index is 0.118. The van der Waals surface area contributed by atoms with Crippen LogP contribution < -0.4 is 10.2 Å². The number of anilines is 1. The van der Waals surface area contributed by atoms with Crippen molar-refractivity contribution in [3.8, 4) is 0 Å². The molecule has 5 rings (SSSR count). The highest BCUT2D eigenvalue weighted by Gasteiger charge is 2.30. The number of aromatic nitrogens is 1. The number of amides is 2. The third-order valence-electron chi connectivity index (χ3n) is 7.61. The van der Waals surface area contributed by atoms with Gasteiger partial charge in [0.2, 0.25) is 10.0 Å². The zero-order valence-electron chi connectivity index (χ0n) is 23.7. The number of fused-ring (bicyclic) bond motifs is 1. The van der Waals surface area contributed by atoms with Crippen LogP contribution in [-0.2, 0) is 14.8 Å². The predicted molar refractivity (Wildman–Crippen MR) is 164 cm³/mol. The molecule has 0 unspecified atom stereocenters. The molecular formula is C28H35ClN6O5S2. The molecule has 2 fully saturated rings. The molecule has 14 heteroatoms. The van der Waals surface area contributed by atoms with E-state index in [2.05, 4.69) is 15.1 Å². The van der Waals surface area contributed by atoms with Gasteiger partial charge in [0.25, 0.3) is 5.91 Å². The van der Waals surface area contributed by atoms with Crippen LogP contribution in [-0.4, -0.2) is 112 Å². The van der Waals surface area contributed by atoms with Gasteiger partial charge in [-0.1, -0.05) is 22.9 Å². The maximum atomic E-state index is 13.1. The van der Waals surface area contributed by atoms with Gasteiger partial charge in [0.1, 0.15) is 0 Å². The number of carbonyl (C=O) groups excluding carboxylic acids is 2. The lowest BCUT2D eigenvalue weighted by molar-refractivity contribution is 0.0932. The number of halogens is 1. The Bertz CT molecular complexity index is 1530. The van der Waals surface area contributed by atoms with E-state index in [0.29, 0.717) is 12.1 Å². The highest BCUT2D eigenvalue weighted by Crippen LogP contribution is 2.33. The van der Waals surface area contributed by atoms with E-state index < -0.39 is 16.1 Å². The number of piperazine rings is 2. The molecule has 0 radical (unpaired) electrons. The number of rotatable bonds is 8. The summed E-state index contributed by atoms with van der Waals surface area (Å²) in [6.45, 7) is 9.57. The van der Waals surface area contributed by atoms with Crippen molar-refractivity contribution in [2.24, 2.45) is 0 Å². The van der Waals surface area contributed by atoms with E-state index in [1.165, 1.54) is 33.5 Å². The van der Waals surface area contributed by atoms with Crippen LogP contribution in [0.15, 0.2) is 41.3 Å². The fourth-order valence-electron chi connectivity index (χ4n) is 5.07. The van der Waals surface area contributed by atoms with E-state index in [9.17, 15) is 18.0 Å². The lowest BCUT2D eigenvalue weighted by Gasteiger charge is -2.34. The van der Waals surface area contributed by atoms with Crippen molar-refractivity contribution in [3.05, 3.63) is 52.5 Å². The molecule has 0 atom stereocenters. The number of nitrogens with one attached hydrogen (secondary N) is 1. The standard InChI is InChI=1S/C28H35ClN6O5S2/c1-3-40-28(37)34-16-18-35(19-17-34)42(38,39)22-6-4-21(5-7-22)26(36)30-10-11-32-12-14-33(15-13-32)27-31-25-20(2)23(29)8-9-24(25)41-27/h4-9H,3,10-19H2,1-2H3,(H,30,36). The van der Waals surface area contributed by atoms with Crippen LogP contribution in [0.25, 0.3) is 10.2 Å². The normalized spacial score (nSPS) is 17.0. The fraction of sp³-hybridized carbons (Fsp3) is 0.464. The van der Waals surface area contributed by atoms with Gasteiger partial charge in [-0.2, -0.15) is 4.31 Å². The van der Waals surface area contributed by atoms with Crippen molar-refractivity contribution in [1.29, 1.82) is 0 Å². The van der Waals surface area contributed by atoms with Gasteiger partial charge in [0, 0.05) is 76.0 Å². The minimum Gasteiger partial charge on any atom is -0.450 e. The Morgan fingerprint density at radius 3 is 2.36 bits per heavy atom. The van der Waals surface area contributed by atoms with E-state index >= 15 is 0 Å². The highest BCUT2D eigenvalue weighted by atomic mass is 35.5. The lowest BCUT2D eigenvalue weighted by Crippen LogP contribution is -2.50. The van der Waals surface area contributed by atoms with Crippen molar-refractivity contribution in [3.63, 3.8) is 0 Å². The summed E-state index contributed by atoms with van der Waals surface area (Å²) >= 11 is 7.94. The smallest absolute Gasteiger partial charge is 0.409 e. The average molecular weight is 635 g/mol. The number of nitrogens with zero attached hydrogens (tertiary/aromatic N) is 5. The molecule has 226 valence electrons. The molecule has 3 heterocycles. The van der Waals surface area contributed by atoms with Gasteiger partial charge in [-0.15, -0.1) is 0 Å². The molecule has 2 amide bonds. The molecule has 0 spiro atoms. The molecule has 1 N–H and O–H groups in total. The third-order valence-corrected chi connectivity index (χ3v) is 11.0. The molecular weight excluding hydrogens is 600 g/mol. The van der Waals surface area contributed by atoms with Crippen LogP contribution >= 0.6 is 22.9 Å². The Hall–Kier alpha value is -2.97. The zero-order valence-corrected chi connectivity index (χ0v) is 26.1. The first-order valence-electron chi connectivity index (χ1n) is 14.0. The Kier molecular flexibility index (Phi) is 9.53. The summed E-state index contributed by atoms with van der Waals surface area (Å²) in [4.78, 5) is 35.7. The Labute approximate surface area is 255 Å². The first-order valence-corrected chi connectivity index (χ1v) is 16.6. The third kappa shape index (κ3) is 6.65. The summed E-state index contributed by atoms with van der Waals surface area (Å²) in [6.07, 6.45) is -0.433. The number of aryl methyl sites for hydroxylation is 1. The van der Waals surface area contributed by atoms with E-state index in [4.69, 9.17) is 21.3 Å². The van der Waals surface area contributed by atoms with Gasteiger partial charge in [-0.25, -0.2) is 18.2 Å². The van der Waals surface area contributed by atoms with Crippen LogP contribution in [0.4, 0.5) is 9.93 Å². The number of sulfonamides is 1. The number of ether oxygens (including phenoxy) is 1. The Morgan fingerprint density at radius 1 is 1.00 bits per heavy atom. The van der Waals surface area contributed by atoms with E-state index in [1.54, 1.807) is 18.3 Å². The summed E-state index contributed by atoms with van der Waals surface area (Å²) in [7, 11) is -3.73. The molecule has 0 bridgehead atoms. The molecule has 1 aromatic heterocycles. The predicted octanol–water partition coefficient (Wildman–Crippen LogP) is 3.27. The van der Waals surface area contributed by atoms with Gasteiger partial charge in [0.15, 0.2) is 5.13 Å². The molecule has 3 aromatic rings. The molecule has 0 saturated carbocycles. The summed E-state index contributed by atoms with van der Waals surface area (Å²) in [6, 6.07) is 9.92. The van der Waals surface area contributed by atoms with Crippen LogP contribution in [0.2, 0.25) is 5.02 Å². The van der Waals surface area contributed by atoms with Gasteiger partial charge >= 0.3 is 6.09 Å². The second-order valence-electron chi connectivity index (χ2n) is 10.2. The maximum Gasteiger partial charge on any atom is 0.409 e. The minimum atomic E-state index is -3.73. The van der Waals surface area contributed by atoms with Crippen LogP contribution in [0.5, 0.6) is 0 Å². The average Bonchev–Trinajstić information content (AvgIpc) is 3.45. The SMILES string of the molecule is CCOC(=O)N1CCN(S(=O)(=O)c2ccc(C(=O)NCCN3CCN(c4nc5c(C)c(Cl)ccc5s4)CC3)cc2)CC1. The molecule has 2 aromatic carbocycles. The second kappa shape index (κ2) is 13.1. The van der Waals surface area contributed by atoms with Crippen molar-refractivity contribution < 1.29 is 22.7 Å². The lowest BCUT2D eigenvalue weighted by atomic mass is 10.2. The number of thiazole rings is 1. The molecule has 42 heavy (non-hydrogen) atoms. The molecule has 11 nitrogen and oxygen atoms in total. The molecule has 2 aliphatic heterocycles. The van der Waals surface area contributed by atoms with Crippen molar-refractivity contribution >= 4 is 60.3 Å². The van der Waals surface area contributed by atoms with Crippen molar-refractivity contribution in [1.82, 2.24) is 24.4 Å². The summed E-state index contributed by atoms with van der Waals surface area (Å²) < 4.78 is 33.6. The Morgan fingerprint density at radius 2 is 1.69 bits per heavy atom. The first kappa shape index (κ1) is 30.5. The van der Waals surface area contributed by atoms with Gasteiger partial charge in [-0.3, -0.25) is 9.69 Å². The van der Waals surface area contributed by atoms with Crippen LogP contribution in [0, 0.1) is 6.92 Å². The summed E-state index contributed by atoms with van der Waals surface area (Å²) in [5.41, 5.74) is 2.37. The quantitative estimate of drug-likeness (QED) is 0.402. The maximum absolute atomic E-state index is 13.1. The number of hydrogen-bond acceptors (Lipinski definition) is 9. The largest absolute Gasteiger partial charge is 0.450 e. The molecule has 0 aliphatic carbocycles. The topological polar surface area (TPSA) is 115 Å². The zero-order chi connectivity index (χ0) is 29.9. The molecule has 2 saturated heterocycles. The van der Waals surface area contributed by atoms with E-state index in [1.807, 2.05) is 19.1 Å². The van der Waals surface area contributed by atoms with E-state index in [-0.39, 0.29) is 43.6 Å². The van der Waals surface area contributed by atoms with Gasteiger partial charge < -0.3 is 19.9 Å². The fourth-order valence-corrected chi connectivity index (χ4v) is 7.72. The van der Waals surface area contributed by atoms with E-state index in [0.717, 1.165) is 58.7 Å². The van der Waals surface area contributed by atoms with Crippen molar-refractivity contribution in [2.75, 3.05) is 77.0 Å². The number of hydrogen-bond donors (Lipinski definition) is 1. The summed E-state index contributed by atoms with van der Waals surface area (Å²) in [5, 5.41) is 4.68. The Balaban J connectivity index is 1.07. The highest BCUT2D eigenvalue weighted by molar-refractivity contribution is 7.89. The van der Waals surface area contributed by atoms with Crippen molar-refractivity contribution in [2.45, 2.75) is 18.7 Å². The summed E-state index contributed by atoms with van der Waals surface area (Å²) in [5.74, 6) is -0.246. The van der Waals surface area contributed by atoms with Crippen LogP contribution in [0.3, 0.4) is 0 Å². The monoisotopic (exact) mass is 634 g/mol. The number of carbonyl (C=O) groups is 2.